The summed E-state index contributed by atoms with van der Waals surface area (Å²) in [7, 11) is 1.38. The summed E-state index contributed by atoms with van der Waals surface area (Å²) >= 11 is 0. The minimum Gasteiger partial charge on any atom is -0.497 e. The fourth-order valence-electron chi connectivity index (χ4n) is 0.655. The van der Waals surface area contributed by atoms with E-state index in [0.717, 1.165) is 12.1 Å². The predicted molar refractivity (Wildman–Crippen MR) is 33.1 cm³/mol. The lowest BCUT2D eigenvalue weighted by Crippen LogP contribution is -1.82. The standard InChI is InChI=1S/C7H6FO2/c1-10-7-3-5(8)2-6(9)4-7/h2-4H,1H3. The van der Waals surface area contributed by atoms with Crippen molar-refractivity contribution < 1.29 is 14.2 Å². The van der Waals surface area contributed by atoms with Crippen LogP contribution in [0.15, 0.2) is 18.2 Å². The summed E-state index contributed by atoms with van der Waals surface area (Å²) in [5.41, 5.74) is 0. The number of hydrogen-bond acceptors (Lipinski definition) is 1. The molecule has 0 spiro atoms. The van der Waals surface area contributed by atoms with Crippen LogP contribution >= 0.6 is 0 Å². The highest BCUT2D eigenvalue weighted by Gasteiger charge is 1.99. The van der Waals surface area contributed by atoms with Gasteiger partial charge in [0.2, 0.25) is 0 Å². The van der Waals surface area contributed by atoms with Gasteiger partial charge in [0.25, 0.3) is 0 Å². The van der Waals surface area contributed by atoms with E-state index in [-0.39, 0.29) is 11.5 Å². The largest absolute Gasteiger partial charge is 0.497 e. The normalized spacial score (nSPS) is 9.40. The zero-order valence-electron chi connectivity index (χ0n) is 5.43. The molecule has 0 amide bonds. The van der Waals surface area contributed by atoms with E-state index in [0.29, 0.717) is 0 Å². The number of halogens is 1. The average Bonchev–Trinajstić information content (AvgIpc) is 1.85. The van der Waals surface area contributed by atoms with Gasteiger partial charge in [0.15, 0.2) is 5.75 Å². The molecule has 1 aromatic rings. The molecule has 0 aliphatic rings. The minimum absolute atomic E-state index is 0.255. The highest BCUT2D eigenvalue weighted by molar-refractivity contribution is 5.32. The summed E-state index contributed by atoms with van der Waals surface area (Å²) in [4.78, 5) is 0. The molecule has 0 saturated heterocycles. The fraction of sp³-hybridized carbons (Fsp3) is 0.143. The topological polar surface area (TPSA) is 29.1 Å². The Morgan fingerprint density at radius 2 is 2.10 bits per heavy atom. The molecule has 0 N–H and O–H groups in total. The highest BCUT2D eigenvalue weighted by atomic mass is 19.1. The summed E-state index contributed by atoms with van der Waals surface area (Å²) in [6.45, 7) is 0. The van der Waals surface area contributed by atoms with Crippen LogP contribution in [0.1, 0.15) is 0 Å². The Morgan fingerprint density at radius 1 is 1.40 bits per heavy atom. The second-order valence-electron chi connectivity index (χ2n) is 1.83. The van der Waals surface area contributed by atoms with Crippen molar-refractivity contribution in [1.29, 1.82) is 0 Å². The lowest BCUT2D eigenvalue weighted by atomic mass is 10.3. The van der Waals surface area contributed by atoms with Crippen LogP contribution in [-0.2, 0) is 5.11 Å². The Bertz CT molecular complexity index is 215. The molecule has 0 heterocycles. The average molecular weight is 141 g/mol. The molecule has 2 nitrogen and oxygen atoms in total. The van der Waals surface area contributed by atoms with Crippen LogP contribution in [0.5, 0.6) is 11.5 Å². The van der Waals surface area contributed by atoms with E-state index in [4.69, 9.17) is 0 Å². The molecule has 53 valence electrons. The zero-order valence-corrected chi connectivity index (χ0v) is 5.43. The maximum absolute atomic E-state index is 12.3. The molecule has 0 saturated carbocycles. The van der Waals surface area contributed by atoms with E-state index >= 15 is 0 Å². The van der Waals surface area contributed by atoms with Crippen LogP contribution in [0.25, 0.3) is 0 Å². The third kappa shape index (κ3) is 1.37. The second kappa shape index (κ2) is 2.56. The Morgan fingerprint density at radius 3 is 2.60 bits per heavy atom. The molecule has 10 heavy (non-hydrogen) atoms. The number of benzene rings is 1. The van der Waals surface area contributed by atoms with Crippen LogP contribution in [0.4, 0.5) is 4.39 Å². The smallest absolute Gasteiger partial charge is 0.185 e. The van der Waals surface area contributed by atoms with Gasteiger partial charge >= 0.3 is 0 Å². The second-order valence-corrected chi connectivity index (χ2v) is 1.83. The van der Waals surface area contributed by atoms with Crippen molar-refractivity contribution >= 4 is 0 Å². The van der Waals surface area contributed by atoms with E-state index in [1.165, 1.54) is 13.2 Å². The molecule has 1 rings (SSSR count). The summed E-state index contributed by atoms with van der Waals surface area (Å²) in [6.07, 6.45) is 0. The summed E-state index contributed by atoms with van der Waals surface area (Å²) in [5.74, 6) is -0.689. The maximum Gasteiger partial charge on any atom is 0.185 e. The molecule has 0 atom stereocenters. The molecule has 0 bridgehead atoms. The zero-order chi connectivity index (χ0) is 7.56. The van der Waals surface area contributed by atoms with Crippen molar-refractivity contribution in [2.45, 2.75) is 0 Å². The van der Waals surface area contributed by atoms with Crippen LogP contribution in [0, 0.1) is 5.82 Å². The van der Waals surface area contributed by atoms with Crippen molar-refractivity contribution in [1.82, 2.24) is 0 Å². The highest BCUT2D eigenvalue weighted by Crippen LogP contribution is 2.20. The Hall–Kier alpha value is -1.25. The third-order valence-electron chi connectivity index (χ3n) is 1.08. The molecule has 3 heteroatoms. The van der Waals surface area contributed by atoms with Gasteiger partial charge in [-0.25, -0.2) is 4.39 Å². The van der Waals surface area contributed by atoms with Crippen molar-refractivity contribution in [2.24, 2.45) is 0 Å². The van der Waals surface area contributed by atoms with Crippen LogP contribution in [0.3, 0.4) is 0 Å². The van der Waals surface area contributed by atoms with Gasteiger partial charge in [-0.05, 0) is 0 Å². The first kappa shape index (κ1) is 6.86. The molecule has 1 aromatic carbocycles. The van der Waals surface area contributed by atoms with Gasteiger partial charge in [0.1, 0.15) is 11.6 Å². The van der Waals surface area contributed by atoms with Crippen molar-refractivity contribution in [3.63, 3.8) is 0 Å². The van der Waals surface area contributed by atoms with E-state index < -0.39 is 5.82 Å². The van der Waals surface area contributed by atoms with Gasteiger partial charge in [0.05, 0.1) is 7.11 Å². The van der Waals surface area contributed by atoms with Gasteiger partial charge in [-0.1, -0.05) is 0 Å². The van der Waals surface area contributed by atoms with Gasteiger partial charge in [-0.15, -0.1) is 0 Å². The molecule has 1 radical (unpaired) electrons. The molecular formula is C7H6FO2. The van der Waals surface area contributed by atoms with Gasteiger partial charge < -0.3 is 4.74 Å². The Balaban J connectivity index is 3.06. The summed E-state index contributed by atoms with van der Waals surface area (Å²) in [6, 6.07) is 3.28. The van der Waals surface area contributed by atoms with Crippen LogP contribution in [0.2, 0.25) is 0 Å². The molecule has 0 aliphatic heterocycles. The number of methoxy groups -OCH3 is 1. The van der Waals surface area contributed by atoms with Crippen molar-refractivity contribution in [3.8, 4) is 11.5 Å². The first-order valence-electron chi connectivity index (χ1n) is 2.74. The molecule has 0 unspecified atom stereocenters. The quantitative estimate of drug-likeness (QED) is 0.587. The summed E-state index contributed by atoms with van der Waals surface area (Å²) < 4.78 is 17.0. The lowest BCUT2D eigenvalue weighted by Gasteiger charge is -1.97. The van der Waals surface area contributed by atoms with E-state index in [2.05, 4.69) is 4.74 Å². The van der Waals surface area contributed by atoms with Crippen LogP contribution in [-0.4, -0.2) is 7.11 Å². The van der Waals surface area contributed by atoms with E-state index in [1.807, 2.05) is 0 Å². The molecular weight excluding hydrogens is 135 g/mol. The maximum atomic E-state index is 12.3. The first-order valence-corrected chi connectivity index (χ1v) is 2.74. The lowest BCUT2D eigenvalue weighted by molar-refractivity contribution is 0.344. The van der Waals surface area contributed by atoms with E-state index in [9.17, 15) is 9.50 Å². The predicted octanol–water partition coefficient (Wildman–Crippen LogP) is 1.98. The minimum atomic E-state index is -0.565. The van der Waals surface area contributed by atoms with Gasteiger partial charge in [-0.2, -0.15) is 0 Å². The fourth-order valence-corrected chi connectivity index (χ4v) is 0.655. The SMILES string of the molecule is COc1cc([O])cc(F)c1. The van der Waals surface area contributed by atoms with Crippen molar-refractivity contribution in [3.05, 3.63) is 24.0 Å². The third-order valence-corrected chi connectivity index (χ3v) is 1.08. The van der Waals surface area contributed by atoms with Gasteiger partial charge in [0, 0.05) is 18.2 Å². The Kier molecular flexibility index (Phi) is 1.76. The summed E-state index contributed by atoms with van der Waals surface area (Å²) in [5, 5.41) is 10.6. The monoisotopic (exact) mass is 141 g/mol. The Labute approximate surface area is 57.9 Å². The molecule has 0 aliphatic carbocycles. The van der Waals surface area contributed by atoms with E-state index in [1.54, 1.807) is 0 Å². The van der Waals surface area contributed by atoms with Gasteiger partial charge in [-0.3, -0.25) is 5.11 Å². The number of hydrogen-bond donors (Lipinski definition) is 0. The van der Waals surface area contributed by atoms with Crippen molar-refractivity contribution in [2.75, 3.05) is 7.11 Å². The molecule has 0 fully saturated rings. The number of rotatable bonds is 1. The molecule has 0 aromatic heterocycles. The first-order chi connectivity index (χ1) is 4.72. The number of ether oxygens (including phenoxy) is 1. The van der Waals surface area contributed by atoms with Crippen LogP contribution < -0.4 is 4.74 Å².